The maximum absolute atomic E-state index is 13.0. The van der Waals surface area contributed by atoms with E-state index in [-0.39, 0.29) is 16.6 Å². The van der Waals surface area contributed by atoms with Gasteiger partial charge in [-0.1, -0.05) is 0 Å². The first-order valence-corrected chi connectivity index (χ1v) is 8.20. The molecule has 3 rings (SSSR count). The first-order chi connectivity index (χ1) is 13.3. The third kappa shape index (κ3) is 4.86. The lowest BCUT2D eigenvalue weighted by atomic mass is 10.2. The molecule has 0 aliphatic rings. The summed E-state index contributed by atoms with van der Waals surface area (Å²) < 4.78 is 49.1. The second kappa shape index (κ2) is 8.09. The van der Waals surface area contributed by atoms with Crippen LogP contribution in [0.15, 0.2) is 65.4 Å². The maximum Gasteiger partial charge on any atom is 0.421 e. The van der Waals surface area contributed by atoms with E-state index >= 15 is 0 Å². The van der Waals surface area contributed by atoms with Crippen LogP contribution in [0.4, 0.5) is 18.9 Å². The molecule has 0 spiro atoms. The number of thiocarbonyl (C=S) groups is 1. The predicted octanol–water partition coefficient (Wildman–Crippen LogP) is 4.61. The molecule has 6 nitrogen and oxygen atoms in total. The number of nitrogens with zero attached hydrogens (tertiary/aromatic N) is 1. The van der Waals surface area contributed by atoms with Crippen LogP contribution in [0, 0.1) is 0 Å². The Kier molecular flexibility index (Phi) is 5.59. The fraction of sp³-hybridized carbons (Fsp3) is 0.0556. The number of amides is 1. The van der Waals surface area contributed by atoms with Gasteiger partial charge >= 0.3 is 6.18 Å². The van der Waals surface area contributed by atoms with Crippen molar-refractivity contribution in [1.82, 2.24) is 10.3 Å². The molecule has 0 atom stereocenters. The number of hydrogen-bond acceptors (Lipinski definition) is 5. The number of nitrogens with one attached hydrogen (secondary N) is 2. The normalized spacial score (nSPS) is 11.0. The average molecular weight is 407 g/mol. The Morgan fingerprint density at radius 3 is 2.50 bits per heavy atom. The number of aromatic nitrogens is 1. The first-order valence-electron chi connectivity index (χ1n) is 7.79. The Morgan fingerprint density at radius 2 is 1.86 bits per heavy atom. The largest absolute Gasteiger partial charge is 0.459 e. The van der Waals surface area contributed by atoms with Crippen molar-refractivity contribution < 1.29 is 27.1 Å². The third-order valence-electron chi connectivity index (χ3n) is 3.38. The van der Waals surface area contributed by atoms with Crippen molar-refractivity contribution in [3.05, 3.63) is 72.3 Å². The van der Waals surface area contributed by atoms with Crippen LogP contribution in [-0.2, 0) is 6.18 Å². The number of halogens is 3. The van der Waals surface area contributed by atoms with Gasteiger partial charge in [0.25, 0.3) is 5.91 Å². The minimum absolute atomic E-state index is 0.0270. The molecule has 0 saturated carbocycles. The Bertz CT molecular complexity index is 974. The molecule has 3 aromatic rings. The van der Waals surface area contributed by atoms with Crippen molar-refractivity contribution in [2.75, 3.05) is 5.32 Å². The zero-order chi connectivity index (χ0) is 20.1. The van der Waals surface area contributed by atoms with E-state index in [0.29, 0.717) is 5.69 Å². The summed E-state index contributed by atoms with van der Waals surface area (Å²) >= 11 is 5.03. The molecule has 0 unspecified atom stereocenters. The van der Waals surface area contributed by atoms with Gasteiger partial charge in [0.15, 0.2) is 10.9 Å². The molecule has 0 saturated heterocycles. The minimum atomic E-state index is -4.58. The smallest absolute Gasteiger partial charge is 0.421 e. The molecule has 0 aliphatic carbocycles. The Hall–Kier alpha value is -3.40. The standard InChI is InChI=1S/C18H12F3N3O3S/c19-18(20,21)13-3-1-9-22-16(13)27-12-7-5-11(6-8-12)23-17(28)24-15(25)14-4-2-10-26-14/h1-10H,(H2,23,24,25,28). The van der Waals surface area contributed by atoms with Crippen LogP contribution in [-0.4, -0.2) is 16.0 Å². The van der Waals surface area contributed by atoms with Crippen LogP contribution in [0.2, 0.25) is 0 Å². The quantitative estimate of drug-likeness (QED) is 0.615. The van der Waals surface area contributed by atoms with Crippen molar-refractivity contribution in [3.63, 3.8) is 0 Å². The number of furan rings is 1. The highest BCUT2D eigenvalue weighted by atomic mass is 32.1. The summed E-state index contributed by atoms with van der Waals surface area (Å²) in [6, 6.07) is 11.0. The van der Waals surface area contributed by atoms with Gasteiger partial charge in [0.1, 0.15) is 11.3 Å². The molecule has 1 aromatic carbocycles. The molecule has 2 heterocycles. The number of carbonyl (C=O) groups excluding carboxylic acids is 1. The van der Waals surface area contributed by atoms with Gasteiger partial charge in [0, 0.05) is 11.9 Å². The summed E-state index contributed by atoms with van der Waals surface area (Å²) in [4.78, 5) is 15.5. The molecular weight excluding hydrogens is 395 g/mol. The van der Waals surface area contributed by atoms with Crippen molar-refractivity contribution >= 4 is 28.9 Å². The number of carbonyl (C=O) groups is 1. The Labute approximate surface area is 162 Å². The monoisotopic (exact) mass is 407 g/mol. The van der Waals surface area contributed by atoms with E-state index in [0.717, 1.165) is 6.07 Å². The van der Waals surface area contributed by atoms with Crippen LogP contribution < -0.4 is 15.4 Å². The molecular formula is C18H12F3N3O3S. The van der Waals surface area contributed by atoms with Gasteiger partial charge in [0.2, 0.25) is 5.88 Å². The lowest BCUT2D eigenvalue weighted by Crippen LogP contribution is -2.33. The van der Waals surface area contributed by atoms with Gasteiger partial charge in [-0.25, -0.2) is 4.98 Å². The minimum Gasteiger partial charge on any atom is -0.459 e. The maximum atomic E-state index is 13.0. The molecule has 0 fully saturated rings. The van der Waals surface area contributed by atoms with Crippen molar-refractivity contribution in [2.45, 2.75) is 6.18 Å². The number of hydrogen-bond donors (Lipinski definition) is 2. The lowest BCUT2D eigenvalue weighted by Gasteiger charge is -2.13. The molecule has 0 radical (unpaired) electrons. The topological polar surface area (TPSA) is 76.4 Å². The van der Waals surface area contributed by atoms with Crippen molar-refractivity contribution in [1.29, 1.82) is 0 Å². The van der Waals surface area contributed by atoms with E-state index < -0.39 is 23.5 Å². The molecule has 2 N–H and O–H groups in total. The zero-order valence-corrected chi connectivity index (χ0v) is 14.8. The van der Waals surface area contributed by atoms with Crippen LogP contribution >= 0.6 is 12.2 Å². The van der Waals surface area contributed by atoms with Crippen LogP contribution in [0.1, 0.15) is 16.1 Å². The molecule has 144 valence electrons. The van der Waals surface area contributed by atoms with Crippen LogP contribution in [0.5, 0.6) is 11.6 Å². The number of rotatable bonds is 4. The summed E-state index contributed by atoms with van der Waals surface area (Å²) in [5.74, 6) is -0.807. The summed E-state index contributed by atoms with van der Waals surface area (Å²) in [5, 5.41) is 5.23. The van der Waals surface area contributed by atoms with Crippen LogP contribution in [0.25, 0.3) is 0 Å². The fourth-order valence-corrected chi connectivity index (χ4v) is 2.35. The molecule has 10 heteroatoms. The fourth-order valence-electron chi connectivity index (χ4n) is 2.14. The molecule has 28 heavy (non-hydrogen) atoms. The highest BCUT2D eigenvalue weighted by Gasteiger charge is 2.35. The first kappa shape index (κ1) is 19.4. The van der Waals surface area contributed by atoms with E-state index in [1.54, 1.807) is 6.07 Å². The highest BCUT2D eigenvalue weighted by Crippen LogP contribution is 2.36. The number of anilines is 1. The summed E-state index contributed by atoms with van der Waals surface area (Å²) in [6.45, 7) is 0. The van der Waals surface area contributed by atoms with E-state index in [1.807, 2.05) is 0 Å². The molecule has 0 bridgehead atoms. The van der Waals surface area contributed by atoms with Crippen LogP contribution in [0.3, 0.4) is 0 Å². The van der Waals surface area contributed by atoms with Gasteiger partial charge in [-0.05, 0) is 60.7 Å². The van der Waals surface area contributed by atoms with E-state index in [1.165, 1.54) is 48.9 Å². The SMILES string of the molecule is O=C(NC(=S)Nc1ccc(Oc2ncccc2C(F)(F)F)cc1)c1ccco1. The lowest BCUT2D eigenvalue weighted by molar-refractivity contribution is -0.138. The van der Waals surface area contributed by atoms with Crippen molar-refractivity contribution in [2.24, 2.45) is 0 Å². The van der Waals surface area contributed by atoms with Gasteiger partial charge < -0.3 is 14.5 Å². The van der Waals surface area contributed by atoms with Gasteiger partial charge in [-0.2, -0.15) is 13.2 Å². The van der Waals surface area contributed by atoms with Gasteiger partial charge in [-0.15, -0.1) is 0 Å². The van der Waals surface area contributed by atoms with E-state index in [9.17, 15) is 18.0 Å². The predicted molar refractivity (Wildman–Crippen MR) is 98.1 cm³/mol. The third-order valence-corrected chi connectivity index (χ3v) is 3.58. The number of pyridine rings is 1. The summed E-state index contributed by atoms with van der Waals surface area (Å²) in [6.07, 6.45) is -2.01. The second-order valence-corrected chi connectivity index (χ2v) is 5.77. The van der Waals surface area contributed by atoms with Gasteiger partial charge in [-0.3, -0.25) is 10.1 Å². The number of ether oxygens (including phenoxy) is 1. The second-order valence-electron chi connectivity index (χ2n) is 5.37. The van der Waals surface area contributed by atoms with Crippen molar-refractivity contribution in [3.8, 4) is 11.6 Å². The van der Waals surface area contributed by atoms with E-state index in [4.69, 9.17) is 21.4 Å². The average Bonchev–Trinajstić information content (AvgIpc) is 3.18. The summed E-state index contributed by atoms with van der Waals surface area (Å²) in [5.41, 5.74) is -0.479. The molecule has 2 aromatic heterocycles. The molecule has 0 aliphatic heterocycles. The number of alkyl halides is 3. The Morgan fingerprint density at radius 1 is 1.11 bits per heavy atom. The number of benzene rings is 1. The highest BCUT2D eigenvalue weighted by molar-refractivity contribution is 7.80. The Balaban J connectivity index is 1.63. The molecule has 1 amide bonds. The van der Waals surface area contributed by atoms with Gasteiger partial charge in [0.05, 0.1) is 6.26 Å². The zero-order valence-electron chi connectivity index (χ0n) is 14.0. The van der Waals surface area contributed by atoms with E-state index in [2.05, 4.69) is 15.6 Å². The summed E-state index contributed by atoms with van der Waals surface area (Å²) in [7, 11) is 0.